The topological polar surface area (TPSA) is 60.2 Å². The van der Waals surface area contributed by atoms with Crippen LogP contribution in [0.2, 0.25) is 0 Å². The quantitative estimate of drug-likeness (QED) is 0.561. The van der Waals surface area contributed by atoms with Crippen molar-refractivity contribution in [3.8, 4) is 11.4 Å². The molecule has 3 rings (SSSR count). The number of benzene rings is 1. The van der Waals surface area contributed by atoms with E-state index in [-0.39, 0.29) is 29.7 Å². The third-order valence-corrected chi connectivity index (χ3v) is 5.18. The molecule has 144 valence electrons. The van der Waals surface area contributed by atoms with Crippen LogP contribution in [0.1, 0.15) is 13.8 Å². The van der Waals surface area contributed by atoms with Gasteiger partial charge >= 0.3 is 0 Å². The minimum atomic E-state index is -0.303. The average Bonchev–Trinajstić information content (AvgIpc) is 3.02. The summed E-state index contributed by atoms with van der Waals surface area (Å²) in [5.74, 6) is 0.651. The highest BCUT2D eigenvalue weighted by molar-refractivity contribution is 7.99. The first kappa shape index (κ1) is 19.6. The molecule has 2 heterocycles. The van der Waals surface area contributed by atoms with Crippen molar-refractivity contribution in [1.29, 1.82) is 0 Å². The third-order valence-electron chi connectivity index (χ3n) is 4.23. The van der Waals surface area contributed by atoms with Gasteiger partial charge in [0, 0.05) is 25.2 Å². The molecule has 0 bridgehead atoms. The van der Waals surface area contributed by atoms with E-state index >= 15 is 0 Å². The van der Waals surface area contributed by atoms with Crippen LogP contribution in [0.5, 0.6) is 0 Å². The Labute approximate surface area is 162 Å². The Bertz CT molecular complexity index is 799. The second kappa shape index (κ2) is 8.67. The Morgan fingerprint density at radius 3 is 2.59 bits per heavy atom. The van der Waals surface area contributed by atoms with Crippen LogP contribution in [0.3, 0.4) is 0 Å². The summed E-state index contributed by atoms with van der Waals surface area (Å²) in [5, 5.41) is 9.08. The van der Waals surface area contributed by atoms with Crippen molar-refractivity contribution in [3.63, 3.8) is 0 Å². The Kier molecular flexibility index (Phi) is 6.28. The molecule has 1 aliphatic heterocycles. The molecule has 0 spiro atoms. The Balaban J connectivity index is 1.72. The summed E-state index contributed by atoms with van der Waals surface area (Å²) in [6.07, 6.45) is 1.82. The van der Waals surface area contributed by atoms with E-state index in [0.29, 0.717) is 30.6 Å². The van der Waals surface area contributed by atoms with Crippen molar-refractivity contribution in [1.82, 2.24) is 19.7 Å². The van der Waals surface area contributed by atoms with Gasteiger partial charge in [-0.15, -0.1) is 16.8 Å². The standard InChI is InChI=1S/C19H23FN4O2S/c1-4-9-24-18(15-5-7-16(20)8-6-15)21-22-19(24)27-12-17(25)23-10-13(2)26-14(3)11-23/h4-8,13-14H,1,9-12H2,2-3H3/t13-,14-/m1/s1. The molecule has 1 aliphatic rings. The maximum Gasteiger partial charge on any atom is 0.233 e. The lowest BCUT2D eigenvalue weighted by atomic mass is 10.2. The van der Waals surface area contributed by atoms with Gasteiger partial charge in [-0.05, 0) is 38.1 Å². The van der Waals surface area contributed by atoms with Gasteiger partial charge in [0.1, 0.15) is 5.82 Å². The van der Waals surface area contributed by atoms with Crippen LogP contribution in [-0.4, -0.2) is 56.6 Å². The number of carbonyl (C=O) groups excluding carboxylic acids is 1. The largest absolute Gasteiger partial charge is 0.372 e. The number of thioether (sulfide) groups is 1. The van der Waals surface area contributed by atoms with Crippen molar-refractivity contribution in [2.24, 2.45) is 0 Å². The maximum absolute atomic E-state index is 13.2. The van der Waals surface area contributed by atoms with Gasteiger partial charge in [0.05, 0.1) is 18.0 Å². The molecular formula is C19H23FN4O2S. The molecule has 1 aromatic heterocycles. The molecule has 2 atom stereocenters. The highest BCUT2D eigenvalue weighted by atomic mass is 32.2. The van der Waals surface area contributed by atoms with Crippen molar-refractivity contribution >= 4 is 17.7 Å². The number of hydrogen-bond donors (Lipinski definition) is 0. The van der Waals surface area contributed by atoms with Gasteiger partial charge in [-0.25, -0.2) is 4.39 Å². The molecular weight excluding hydrogens is 367 g/mol. The van der Waals surface area contributed by atoms with Gasteiger partial charge in [-0.3, -0.25) is 9.36 Å². The lowest BCUT2D eigenvalue weighted by Gasteiger charge is -2.35. The number of hydrogen-bond acceptors (Lipinski definition) is 5. The predicted molar refractivity (Wildman–Crippen MR) is 103 cm³/mol. The molecule has 2 aromatic rings. The first-order valence-electron chi connectivity index (χ1n) is 8.84. The van der Waals surface area contributed by atoms with Gasteiger partial charge in [0.2, 0.25) is 5.91 Å². The van der Waals surface area contributed by atoms with Crippen LogP contribution in [0.15, 0.2) is 42.1 Å². The highest BCUT2D eigenvalue weighted by Crippen LogP contribution is 2.25. The Morgan fingerprint density at radius 1 is 1.30 bits per heavy atom. The van der Waals surface area contributed by atoms with E-state index in [1.165, 1.54) is 23.9 Å². The fraction of sp³-hybridized carbons (Fsp3) is 0.421. The van der Waals surface area contributed by atoms with Gasteiger partial charge in [0.25, 0.3) is 0 Å². The number of allylic oxidation sites excluding steroid dienone is 1. The van der Waals surface area contributed by atoms with Crippen LogP contribution in [-0.2, 0) is 16.1 Å². The molecule has 0 aliphatic carbocycles. The highest BCUT2D eigenvalue weighted by Gasteiger charge is 2.26. The SMILES string of the molecule is C=CCn1c(SCC(=O)N2C[C@@H](C)O[C@H](C)C2)nnc1-c1ccc(F)cc1. The van der Waals surface area contributed by atoms with Crippen molar-refractivity contribution in [3.05, 3.63) is 42.7 Å². The number of amides is 1. The summed E-state index contributed by atoms with van der Waals surface area (Å²) in [4.78, 5) is 14.4. The van der Waals surface area contributed by atoms with Crippen LogP contribution in [0, 0.1) is 5.82 Å². The molecule has 1 fully saturated rings. The van der Waals surface area contributed by atoms with E-state index in [4.69, 9.17) is 4.74 Å². The molecule has 0 radical (unpaired) electrons. The van der Waals surface area contributed by atoms with Gasteiger partial charge in [-0.2, -0.15) is 0 Å². The number of nitrogens with zero attached hydrogens (tertiary/aromatic N) is 4. The maximum atomic E-state index is 13.2. The van der Waals surface area contributed by atoms with Crippen LogP contribution < -0.4 is 0 Å². The fourth-order valence-electron chi connectivity index (χ4n) is 3.10. The number of carbonyl (C=O) groups is 1. The van der Waals surface area contributed by atoms with Crippen LogP contribution in [0.4, 0.5) is 4.39 Å². The summed E-state index contributed by atoms with van der Waals surface area (Å²) >= 11 is 1.35. The van der Waals surface area contributed by atoms with Gasteiger partial charge in [-0.1, -0.05) is 17.8 Å². The Morgan fingerprint density at radius 2 is 1.96 bits per heavy atom. The van der Waals surface area contributed by atoms with E-state index in [1.54, 1.807) is 18.2 Å². The molecule has 6 nitrogen and oxygen atoms in total. The number of rotatable bonds is 6. The molecule has 1 aromatic carbocycles. The molecule has 27 heavy (non-hydrogen) atoms. The zero-order valence-corrected chi connectivity index (χ0v) is 16.3. The summed E-state index contributed by atoms with van der Waals surface area (Å²) < 4.78 is 20.7. The molecule has 1 amide bonds. The zero-order valence-electron chi connectivity index (χ0n) is 15.5. The third kappa shape index (κ3) is 4.75. The summed E-state index contributed by atoms with van der Waals surface area (Å²) in [7, 11) is 0. The molecule has 8 heteroatoms. The minimum absolute atomic E-state index is 0.0391. The van der Waals surface area contributed by atoms with Crippen molar-refractivity contribution < 1.29 is 13.9 Å². The average molecular weight is 390 g/mol. The number of ether oxygens (including phenoxy) is 1. The molecule has 0 N–H and O–H groups in total. The first-order chi connectivity index (χ1) is 13.0. The summed E-state index contributed by atoms with van der Waals surface area (Å²) in [6.45, 7) is 9.42. The van der Waals surface area contributed by atoms with E-state index in [9.17, 15) is 9.18 Å². The monoisotopic (exact) mass is 390 g/mol. The molecule has 1 saturated heterocycles. The second-order valence-electron chi connectivity index (χ2n) is 6.56. The van der Waals surface area contributed by atoms with Crippen LogP contribution >= 0.6 is 11.8 Å². The lowest BCUT2D eigenvalue weighted by Crippen LogP contribution is -2.48. The zero-order chi connectivity index (χ0) is 19.4. The number of aromatic nitrogens is 3. The number of halogens is 1. The molecule has 0 saturated carbocycles. The normalized spacial score (nSPS) is 19.9. The second-order valence-corrected chi connectivity index (χ2v) is 7.50. The van der Waals surface area contributed by atoms with E-state index in [2.05, 4.69) is 16.8 Å². The fourth-order valence-corrected chi connectivity index (χ4v) is 3.95. The smallest absolute Gasteiger partial charge is 0.233 e. The summed E-state index contributed by atoms with van der Waals surface area (Å²) in [5.41, 5.74) is 0.764. The van der Waals surface area contributed by atoms with Gasteiger partial charge < -0.3 is 9.64 Å². The molecule has 0 unspecified atom stereocenters. The number of morpholine rings is 1. The van der Waals surface area contributed by atoms with Crippen molar-refractivity contribution in [2.75, 3.05) is 18.8 Å². The van der Waals surface area contributed by atoms with E-state index in [1.807, 2.05) is 23.3 Å². The summed E-state index contributed by atoms with van der Waals surface area (Å²) in [6, 6.07) is 6.10. The van der Waals surface area contributed by atoms with Crippen molar-refractivity contribution in [2.45, 2.75) is 37.8 Å². The minimum Gasteiger partial charge on any atom is -0.372 e. The first-order valence-corrected chi connectivity index (χ1v) is 9.82. The lowest BCUT2D eigenvalue weighted by molar-refractivity contribution is -0.140. The van der Waals surface area contributed by atoms with E-state index in [0.717, 1.165) is 5.56 Å². The Hall–Kier alpha value is -2.19. The van der Waals surface area contributed by atoms with Crippen LogP contribution in [0.25, 0.3) is 11.4 Å². The van der Waals surface area contributed by atoms with E-state index < -0.39 is 0 Å². The predicted octanol–water partition coefficient (Wildman–Crippen LogP) is 3.00. The van der Waals surface area contributed by atoms with Gasteiger partial charge in [0.15, 0.2) is 11.0 Å².